The van der Waals surface area contributed by atoms with Crippen molar-refractivity contribution in [2.24, 2.45) is 0 Å². The number of ether oxygens (including phenoxy) is 2. The summed E-state index contributed by atoms with van der Waals surface area (Å²) in [7, 11) is 3.21. The monoisotopic (exact) mass is 429 g/mol. The number of rotatable bonds is 7. The molecule has 0 bridgehead atoms. The number of nitrogens with zero attached hydrogens (tertiary/aromatic N) is 3. The number of nitrogens with one attached hydrogen (secondary N) is 2. The minimum atomic E-state index is 0.554. The van der Waals surface area contributed by atoms with Crippen molar-refractivity contribution in [1.82, 2.24) is 9.97 Å². The average Bonchev–Trinajstić information content (AvgIpc) is 2.82. The number of hydrogen-bond acceptors (Lipinski definition) is 8. The Balaban J connectivity index is 1.69. The maximum absolute atomic E-state index is 9.13. The molecule has 0 aliphatic carbocycles. The fourth-order valence-electron chi connectivity index (χ4n) is 2.91. The van der Waals surface area contributed by atoms with E-state index < -0.39 is 0 Å². The molecule has 7 nitrogen and oxygen atoms in total. The minimum absolute atomic E-state index is 0.554. The van der Waals surface area contributed by atoms with Gasteiger partial charge in [0.1, 0.15) is 11.5 Å². The van der Waals surface area contributed by atoms with Crippen LogP contribution in [0.2, 0.25) is 0 Å². The predicted octanol–water partition coefficient (Wildman–Crippen LogP) is 5.38. The van der Waals surface area contributed by atoms with Crippen LogP contribution in [0.15, 0.2) is 71.6 Å². The first-order chi connectivity index (χ1) is 15.2. The summed E-state index contributed by atoms with van der Waals surface area (Å²) >= 11 is 1.36. The summed E-state index contributed by atoms with van der Waals surface area (Å²) in [5.41, 5.74) is 2.88. The largest absolute Gasteiger partial charge is 0.497 e. The lowest BCUT2D eigenvalue weighted by atomic mass is 10.2. The molecule has 0 unspecified atom stereocenters. The molecule has 31 heavy (non-hydrogen) atoms. The second-order valence-electron chi connectivity index (χ2n) is 6.48. The van der Waals surface area contributed by atoms with Crippen LogP contribution in [-0.2, 0) is 0 Å². The molecule has 0 aliphatic heterocycles. The fourth-order valence-corrected chi connectivity index (χ4v) is 3.60. The minimum Gasteiger partial charge on any atom is -0.497 e. The van der Waals surface area contributed by atoms with E-state index in [9.17, 15) is 0 Å². The zero-order valence-corrected chi connectivity index (χ0v) is 17.7. The Morgan fingerprint density at radius 2 is 1.52 bits per heavy atom. The van der Waals surface area contributed by atoms with Crippen molar-refractivity contribution >= 4 is 40.3 Å². The lowest BCUT2D eigenvalue weighted by Crippen LogP contribution is -2.02. The molecular weight excluding hydrogens is 410 g/mol. The summed E-state index contributed by atoms with van der Waals surface area (Å²) in [4.78, 5) is 10.4. The van der Waals surface area contributed by atoms with Crippen molar-refractivity contribution in [2.75, 3.05) is 24.3 Å². The predicted molar refractivity (Wildman–Crippen MR) is 123 cm³/mol. The van der Waals surface area contributed by atoms with Crippen molar-refractivity contribution in [3.63, 3.8) is 0 Å². The SMILES string of the molecule is COc1cc(Nc2nc3ccccc3nc2NSc2cccc(C#N)c2)cc(OC)c1. The summed E-state index contributed by atoms with van der Waals surface area (Å²) in [6.07, 6.45) is 0. The van der Waals surface area contributed by atoms with Crippen molar-refractivity contribution in [1.29, 1.82) is 5.26 Å². The third kappa shape index (κ3) is 4.79. The highest BCUT2D eigenvalue weighted by Gasteiger charge is 2.12. The van der Waals surface area contributed by atoms with Crippen molar-refractivity contribution in [3.05, 3.63) is 72.3 Å². The smallest absolute Gasteiger partial charge is 0.180 e. The Labute approximate surface area is 184 Å². The van der Waals surface area contributed by atoms with Gasteiger partial charge in [0, 0.05) is 28.8 Å². The third-order valence-electron chi connectivity index (χ3n) is 4.41. The Morgan fingerprint density at radius 3 is 2.16 bits per heavy atom. The van der Waals surface area contributed by atoms with Crippen LogP contribution in [0.5, 0.6) is 11.5 Å². The molecule has 8 heteroatoms. The number of benzene rings is 3. The third-order valence-corrected chi connectivity index (χ3v) is 5.20. The first-order valence-corrected chi connectivity index (χ1v) is 10.2. The van der Waals surface area contributed by atoms with Gasteiger partial charge in [-0.2, -0.15) is 5.26 Å². The van der Waals surface area contributed by atoms with E-state index >= 15 is 0 Å². The van der Waals surface area contributed by atoms with Crippen LogP contribution in [0, 0.1) is 11.3 Å². The van der Waals surface area contributed by atoms with Crippen LogP contribution in [0.4, 0.5) is 17.3 Å². The van der Waals surface area contributed by atoms with E-state index in [1.165, 1.54) is 11.9 Å². The fraction of sp³-hybridized carbons (Fsp3) is 0.0870. The second-order valence-corrected chi connectivity index (χ2v) is 7.36. The number of anilines is 3. The van der Waals surface area contributed by atoms with Gasteiger partial charge in [0.15, 0.2) is 11.6 Å². The van der Waals surface area contributed by atoms with Gasteiger partial charge in [0.25, 0.3) is 0 Å². The second kappa shape index (κ2) is 9.24. The molecule has 4 rings (SSSR count). The van der Waals surface area contributed by atoms with Gasteiger partial charge in [0.2, 0.25) is 0 Å². The number of nitriles is 1. The molecule has 0 spiro atoms. The molecular formula is C23H19N5O2S. The molecule has 3 aromatic carbocycles. The molecule has 0 amide bonds. The van der Waals surface area contributed by atoms with Gasteiger partial charge in [-0.1, -0.05) is 18.2 Å². The molecule has 1 aromatic heterocycles. The van der Waals surface area contributed by atoms with E-state index in [2.05, 4.69) is 16.1 Å². The van der Waals surface area contributed by atoms with E-state index in [-0.39, 0.29) is 0 Å². The Hall–Kier alpha value is -3.96. The number of fused-ring (bicyclic) bond motifs is 1. The van der Waals surface area contributed by atoms with Crippen LogP contribution < -0.4 is 19.5 Å². The van der Waals surface area contributed by atoms with Crippen LogP contribution >= 0.6 is 11.9 Å². The van der Waals surface area contributed by atoms with Gasteiger partial charge in [-0.15, -0.1) is 0 Å². The van der Waals surface area contributed by atoms with Crippen molar-refractivity contribution in [3.8, 4) is 17.6 Å². The van der Waals surface area contributed by atoms with Gasteiger partial charge in [0.05, 0.1) is 36.9 Å². The number of methoxy groups -OCH3 is 2. The molecule has 154 valence electrons. The molecule has 2 N–H and O–H groups in total. The lowest BCUT2D eigenvalue weighted by Gasteiger charge is -2.14. The standard InChI is InChI=1S/C23H19N5O2S/c1-29-17-11-16(12-18(13-17)30-2)25-22-23(27-21-9-4-3-8-20(21)26-22)28-31-19-7-5-6-15(10-19)14-24/h3-13H,1-2H3,(H,25,26)(H,27,28). The van der Waals surface area contributed by atoms with Gasteiger partial charge < -0.3 is 19.5 Å². The maximum atomic E-state index is 9.13. The van der Waals surface area contributed by atoms with Crippen LogP contribution in [0.1, 0.15) is 5.56 Å². The molecule has 0 atom stereocenters. The Bertz CT molecular complexity index is 1250. The molecule has 1 heterocycles. The van der Waals surface area contributed by atoms with Crippen LogP contribution in [0.25, 0.3) is 11.0 Å². The maximum Gasteiger partial charge on any atom is 0.180 e. The molecule has 0 saturated heterocycles. The van der Waals surface area contributed by atoms with Crippen molar-refractivity contribution in [2.45, 2.75) is 4.90 Å². The number of aromatic nitrogens is 2. The molecule has 4 aromatic rings. The van der Waals surface area contributed by atoms with Crippen LogP contribution in [0.3, 0.4) is 0 Å². The van der Waals surface area contributed by atoms with Gasteiger partial charge in [-0.05, 0) is 42.3 Å². The highest BCUT2D eigenvalue weighted by atomic mass is 32.2. The number of para-hydroxylation sites is 2. The van der Waals surface area contributed by atoms with Gasteiger partial charge in [-0.25, -0.2) is 9.97 Å². The summed E-state index contributed by atoms with van der Waals surface area (Å²) in [5, 5.41) is 12.4. The number of hydrogen-bond donors (Lipinski definition) is 2. The summed E-state index contributed by atoms with van der Waals surface area (Å²) in [6.45, 7) is 0. The molecule has 0 aliphatic rings. The first-order valence-electron chi connectivity index (χ1n) is 9.38. The Morgan fingerprint density at radius 1 is 0.839 bits per heavy atom. The lowest BCUT2D eigenvalue weighted by molar-refractivity contribution is 0.395. The summed E-state index contributed by atoms with van der Waals surface area (Å²) in [6, 6.07) is 22.7. The quantitative estimate of drug-likeness (QED) is 0.378. The van der Waals surface area contributed by atoms with Crippen LogP contribution in [-0.4, -0.2) is 24.2 Å². The summed E-state index contributed by atoms with van der Waals surface area (Å²) < 4.78 is 14.0. The normalized spacial score (nSPS) is 10.4. The molecule has 0 saturated carbocycles. The summed E-state index contributed by atoms with van der Waals surface area (Å²) in [5.74, 6) is 2.44. The molecule has 0 radical (unpaired) electrons. The van der Waals surface area contributed by atoms with E-state index in [4.69, 9.17) is 24.7 Å². The zero-order chi connectivity index (χ0) is 21.6. The molecule has 0 fully saturated rings. The highest BCUT2D eigenvalue weighted by Crippen LogP contribution is 2.32. The van der Waals surface area contributed by atoms with E-state index in [0.29, 0.717) is 28.7 Å². The topological polar surface area (TPSA) is 92.1 Å². The van der Waals surface area contributed by atoms with Gasteiger partial charge >= 0.3 is 0 Å². The van der Waals surface area contributed by atoms with E-state index in [0.717, 1.165) is 21.6 Å². The van der Waals surface area contributed by atoms with E-state index in [1.54, 1.807) is 26.4 Å². The first kappa shape index (κ1) is 20.3. The van der Waals surface area contributed by atoms with Gasteiger partial charge in [-0.3, -0.25) is 0 Å². The van der Waals surface area contributed by atoms with E-state index in [1.807, 2.05) is 54.6 Å². The van der Waals surface area contributed by atoms with Crippen molar-refractivity contribution < 1.29 is 9.47 Å². The average molecular weight is 430 g/mol. The Kier molecular flexibility index (Phi) is 6.05. The highest BCUT2D eigenvalue weighted by molar-refractivity contribution is 8.00. The zero-order valence-electron chi connectivity index (χ0n) is 16.9.